The van der Waals surface area contributed by atoms with Gasteiger partial charge < -0.3 is 20.5 Å². The fourth-order valence-electron chi connectivity index (χ4n) is 3.75. The van der Waals surface area contributed by atoms with Gasteiger partial charge in [-0.05, 0) is 37.3 Å². The van der Waals surface area contributed by atoms with Gasteiger partial charge in [-0.2, -0.15) is 0 Å². The van der Waals surface area contributed by atoms with Gasteiger partial charge in [-0.1, -0.05) is 26.2 Å². The highest BCUT2D eigenvalue weighted by Crippen LogP contribution is 2.32. The summed E-state index contributed by atoms with van der Waals surface area (Å²) < 4.78 is 19.9. The van der Waals surface area contributed by atoms with Gasteiger partial charge in [-0.25, -0.2) is 14.0 Å². The summed E-state index contributed by atoms with van der Waals surface area (Å²) in [6, 6.07) is 2.17. The van der Waals surface area contributed by atoms with E-state index in [1.54, 1.807) is 6.92 Å². The van der Waals surface area contributed by atoms with E-state index in [9.17, 15) is 19.1 Å². The fourth-order valence-corrected chi connectivity index (χ4v) is 3.75. The standard InChI is InChI=1S/C20H25FN2O4/c1-2-16-17(19(25)27-11-12-6-4-3-5-7-12)18(23-20(26)22-16)14-9-8-13(24)10-15(14)21/h8-10,12,18,24H,2-7,11H2,1H3,(H2,22,23,26). The number of hydrogen-bond acceptors (Lipinski definition) is 4. The average Bonchev–Trinajstić information content (AvgIpc) is 2.66. The Hall–Kier alpha value is -2.57. The van der Waals surface area contributed by atoms with E-state index in [1.165, 1.54) is 18.6 Å². The van der Waals surface area contributed by atoms with Gasteiger partial charge in [0, 0.05) is 17.3 Å². The van der Waals surface area contributed by atoms with Crippen LogP contribution in [0.1, 0.15) is 57.1 Å². The molecule has 0 radical (unpaired) electrons. The summed E-state index contributed by atoms with van der Waals surface area (Å²) in [7, 11) is 0. The molecule has 1 saturated carbocycles. The number of aromatic hydroxyl groups is 1. The number of phenolic OH excluding ortho intramolecular Hbond substituents is 1. The second kappa shape index (κ2) is 8.41. The molecule has 1 aromatic rings. The molecule has 0 aromatic heterocycles. The van der Waals surface area contributed by atoms with Crippen molar-refractivity contribution in [2.45, 2.75) is 51.5 Å². The molecule has 0 bridgehead atoms. The Bertz CT molecular complexity index is 756. The van der Waals surface area contributed by atoms with E-state index in [-0.39, 0.29) is 16.9 Å². The summed E-state index contributed by atoms with van der Waals surface area (Å²) in [4.78, 5) is 24.8. The summed E-state index contributed by atoms with van der Waals surface area (Å²) in [5, 5.41) is 14.7. The number of hydrogen-bond donors (Lipinski definition) is 3. The molecule has 27 heavy (non-hydrogen) atoms. The molecule has 6 nitrogen and oxygen atoms in total. The van der Waals surface area contributed by atoms with Crippen molar-refractivity contribution in [1.29, 1.82) is 0 Å². The lowest BCUT2D eigenvalue weighted by atomic mass is 9.90. The topological polar surface area (TPSA) is 87.7 Å². The highest BCUT2D eigenvalue weighted by Gasteiger charge is 2.35. The quantitative estimate of drug-likeness (QED) is 0.684. The molecule has 3 rings (SSSR count). The van der Waals surface area contributed by atoms with E-state index in [2.05, 4.69) is 10.6 Å². The molecule has 1 heterocycles. The molecule has 3 N–H and O–H groups in total. The SMILES string of the molecule is CCC1=C(C(=O)OCC2CCCCC2)C(c2ccc(O)cc2F)NC(=O)N1. The summed E-state index contributed by atoms with van der Waals surface area (Å²) in [6.45, 7) is 2.14. The van der Waals surface area contributed by atoms with Crippen molar-refractivity contribution in [3.05, 3.63) is 40.8 Å². The maximum absolute atomic E-state index is 14.4. The number of esters is 1. The Morgan fingerprint density at radius 2 is 2.04 bits per heavy atom. The van der Waals surface area contributed by atoms with Gasteiger partial charge >= 0.3 is 12.0 Å². The van der Waals surface area contributed by atoms with E-state index in [1.807, 2.05) is 0 Å². The van der Waals surface area contributed by atoms with Crippen LogP contribution in [0, 0.1) is 11.7 Å². The van der Waals surface area contributed by atoms with E-state index in [0.29, 0.717) is 24.6 Å². The number of rotatable bonds is 5. The Balaban J connectivity index is 1.86. The molecule has 146 valence electrons. The van der Waals surface area contributed by atoms with Crippen molar-refractivity contribution in [2.75, 3.05) is 6.61 Å². The van der Waals surface area contributed by atoms with Crippen molar-refractivity contribution in [2.24, 2.45) is 5.92 Å². The highest BCUT2D eigenvalue weighted by molar-refractivity contribution is 5.95. The van der Waals surface area contributed by atoms with E-state index < -0.39 is 23.9 Å². The summed E-state index contributed by atoms with van der Waals surface area (Å²) in [5.41, 5.74) is 0.737. The maximum atomic E-state index is 14.4. The van der Waals surface area contributed by atoms with Crippen molar-refractivity contribution in [3.8, 4) is 5.75 Å². The number of ether oxygens (including phenoxy) is 1. The van der Waals surface area contributed by atoms with Crippen LogP contribution in [0.3, 0.4) is 0 Å². The highest BCUT2D eigenvalue weighted by atomic mass is 19.1. The van der Waals surface area contributed by atoms with Gasteiger partial charge in [-0.3, -0.25) is 0 Å². The van der Waals surface area contributed by atoms with Crippen LogP contribution in [0.25, 0.3) is 0 Å². The molecule has 1 fully saturated rings. The third-order valence-electron chi connectivity index (χ3n) is 5.20. The number of halogens is 1. The molecule has 2 aliphatic rings. The predicted octanol–water partition coefficient (Wildman–Crippen LogP) is 3.67. The zero-order valence-corrected chi connectivity index (χ0v) is 15.4. The Morgan fingerprint density at radius 1 is 1.30 bits per heavy atom. The maximum Gasteiger partial charge on any atom is 0.338 e. The average molecular weight is 376 g/mol. The lowest BCUT2D eigenvalue weighted by molar-refractivity contribution is -0.141. The smallest absolute Gasteiger partial charge is 0.338 e. The number of benzene rings is 1. The molecule has 1 aromatic carbocycles. The van der Waals surface area contributed by atoms with Crippen LogP contribution < -0.4 is 10.6 Å². The third-order valence-corrected chi connectivity index (χ3v) is 5.20. The first-order valence-corrected chi connectivity index (χ1v) is 9.45. The fraction of sp³-hybridized carbons (Fsp3) is 0.500. The first kappa shape index (κ1) is 19.2. The minimum absolute atomic E-state index is 0.109. The Labute approximate surface area is 157 Å². The van der Waals surface area contributed by atoms with Gasteiger partial charge in [0.1, 0.15) is 11.6 Å². The Morgan fingerprint density at radius 3 is 2.70 bits per heavy atom. The van der Waals surface area contributed by atoms with E-state index in [0.717, 1.165) is 31.7 Å². The van der Waals surface area contributed by atoms with Gasteiger partial charge in [0.15, 0.2) is 0 Å². The number of carbonyl (C=O) groups is 2. The zero-order chi connectivity index (χ0) is 19.4. The van der Waals surface area contributed by atoms with Crippen LogP contribution >= 0.6 is 0 Å². The van der Waals surface area contributed by atoms with E-state index in [4.69, 9.17) is 4.74 Å². The predicted molar refractivity (Wildman–Crippen MR) is 97.3 cm³/mol. The lowest BCUT2D eigenvalue weighted by Gasteiger charge is -2.30. The van der Waals surface area contributed by atoms with Gasteiger partial charge in [0.2, 0.25) is 0 Å². The molecule has 0 spiro atoms. The van der Waals surface area contributed by atoms with Crippen LogP contribution in [0.4, 0.5) is 9.18 Å². The van der Waals surface area contributed by atoms with Crippen molar-refractivity contribution in [1.82, 2.24) is 10.6 Å². The molecule has 2 amide bonds. The molecule has 1 atom stereocenters. The molecule has 0 saturated heterocycles. The molecular weight excluding hydrogens is 351 g/mol. The van der Waals surface area contributed by atoms with Crippen LogP contribution in [-0.2, 0) is 9.53 Å². The summed E-state index contributed by atoms with van der Waals surface area (Å²) >= 11 is 0. The number of amides is 2. The number of nitrogens with one attached hydrogen (secondary N) is 2. The van der Waals surface area contributed by atoms with Crippen LogP contribution in [0.15, 0.2) is 29.5 Å². The van der Waals surface area contributed by atoms with Gasteiger partial charge in [-0.15, -0.1) is 0 Å². The van der Waals surface area contributed by atoms with E-state index >= 15 is 0 Å². The normalized spacial score (nSPS) is 20.8. The molecule has 1 unspecified atom stereocenters. The lowest BCUT2D eigenvalue weighted by Crippen LogP contribution is -2.46. The largest absolute Gasteiger partial charge is 0.508 e. The Kier molecular flexibility index (Phi) is 5.98. The number of allylic oxidation sites excluding steroid dienone is 1. The summed E-state index contributed by atoms with van der Waals surface area (Å²) in [6.07, 6.45) is 5.98. The van der Waals surface area contributed by atoms with Crippen LogP contribution in [0.2, 0.25) is 0 Å². The van der Waals surface area contributed by atoms with Gasteiger partial charge in [0.05, 0.1) is 18.2 Å². The van der Waals surface area contributed by atoms with Crippen molar-refractivity contribution >= 4 is 12.0 Å². The first-order valence-electron chi connectivity index (χ1n) is 9.45. The second-order valence-corrected chi connectivity index (χ2v) is 7.09. The molecule has 1 aliphatic heterocycles. The van der Waals surface area contributed by atoms with Crippen LogP contribution in [-0.4, -0.2) is 23.7 Å². The summed E-state index contributed by atoms with van der Waals surface area (Å²) in [5.74, 6) is -1.13. The zero-order valence-electron chi connectivity index (χ0n) is 15.4. The minimum Gasteiger partial charge on any atom is -0.508 e. The minimum atomic E-state index is -0.965. The van der Waals surface area contributed by atoms with Crippen molar-refractivity contribution in [3.63, 3.8) is 0 Å². The molecule has 1 aliphatic carbocycles. The van der Waals surface area contributed by atoms with Gasteiger partial charge in [0.25, 0.3) is 0 Å². The van der Waals surface area contributed by atoms with Crippen LogP contribution in [0.5, 0.6) is 5.75 Å². The van der Waals surface area contributed by atoms with Crippen molar-refractivity contribution < 1.29 is 23.8 Å². The second-order valence-electron chi connectivity index (χ2n) is 7.09. The first-order chi connectivity index (χ1) is 13.0. The number of carbonyl (C=O) groups excluding carboxylic acids is 2. The number of urea groups is 1. The number of phenols is 1. The molecular formula is C20H25FN2O4. The molecule has 7 heteroatoms. The monoisotopic (exact) mass is 376 g/mol. The third kappa shape index (κ3) is 4.40.